The minimum atomic E-state index is -0.211. The standard InChI is InChI=1S/C15H19BrFNO2/c1-2-20-15(19)12-4-3-7-18(10-12)9-11-5-6-13(16)8-14(11)17/h5-6,8,12H,2-4,7,9-10H2,1H3/t12-/m1/s1. The van der Waals surface area contributed by atoms with Crippen molar-refractivity contribution < 1.29 is 13.9 Å². The molecule has 20 heavy (non-hydrogen) atoms. The van der Waals surface area contributed by atoms with E-state index >= 15 is 0 Å². The van der Waals surface area contributed by atoms with Gasteiger partial charge in [-0.2, -0.15) is 0 Å². The van der Waals surface area contributed by atoms with Gasteiger partial charge in [0, 0.05) is 23.1 Å². The zero-order valence-electron chi connectivity index (χ0n) is 11.6. The Morgan fingerprint density at radius 1 is 1.55 bits per heavy atom. The molecule has 1 aliphatic heterocycles. The van der Waals surface area contributed by atoms with Crippen LogP contribution in [0.2, 0.25) is 0 Å². The summed E-state index contributed by atoms with van der Waals surface area (Å²) in [7, 11) is 0. The van der Waals surface area contributed by atoms with Gasteiger partial charge in [-0.05, 0) is 38.4 Å². The molecule has 1 aromatic rings. The molecule has 0 N–H and O–H groups in total. The molecule has 0 aliphatic carbocycles. The number of likely N-dealkylation sites (tertiary alicyclic amines) is 1. The highest BCUT2D eigenvalue weighted by atomic mass is 79.9. The number of nitrogens with zero attached hydrogens (tertiary/aromatic N) is 1. The molecule has 0 radical (unpaired) electrons. The average molecular weight is 344 g/mol. The number of esters is 1. The zero-order valence-corrected chi connectivity index (χ0v) is 13.2. The lowest BCUT2D eigenvalue weighted by Gasteiger charge is -2.31. The number of rotatable bonds is 4. The van der Waals surface area contributed by atoms with Crippen molar-refractivity contribution in [2.75, 3.05) is 19.7 Å². The maximum atomic E-state index is 13.8. The molecular weight excluding hydrogens is 325 g/mol. The van der Waals surface area contributed by atoms with E-state index in [-0.39, 0.29) is 17.7 Å². The van der Waals surface area contributed by atoms with Crippen LogP contribution < -0.4 is 0 Å². The van der Waals surface area contributed by atoms with Gasteiger partial charge in [0.15, 0.2) is 0 Å². The molecule has 0 amide bonds. The lowest BCUT2D eigenvalue weighted by Crippen LogP contribution is -2.39. The predicted molar refractivity (Wildman–Crippen MR) is 78.7 cm³/mol. The molecule has 5 heteroatoms. The lowest BCUT2D eigenvalue weighted by atomic mass is 9.97. The molecule has 0 unspecified atom stereocenters. The van der Waals surface area contributed by atoms with Gasteiger partial charge in [-0.1, -0.05) is 22.0 Å². The summed E-state index contributed by atoms with van der Waals surface area (Å²) in [5.74, 6) is -0.423. The van der Waals surface area contributed by atoms with E-state index in [9.17, 15) is 9.18 Å². The minimum Gasteiger partial charge on any atom is -0.466 e. The Balaban J connectivity index is 1.97. The second-order valence-corrected chi connectivity index (χ2v) is 5.98. The van der Waals surface area contributed by atoms with Gasteiger partial charge in [0.2, 0.25) is 0 Å². The summed E-state index contributed by atoms with van der Waals surface area (Å²) in [6.07, 6.45) is 1.81. The van der Waals surface area contributed by atoms with Crippen LogP contribution in [0.25, 0.3) is 0 Å². The highest BCUT2D eigenvalue weighted by Gasteiger charge is 2.27. The van der Waals surface area contributed by atoms with Crippen LogP contribution in [0.4, 0.5) is 4.39 Å². The third-order valence-electron chi connectivity index (χ3n) is 3.53. The van der Waals surface area contributed by atoms with E-state index in [2.05, 4.69) is 20.8 Å². The summed E-state index contributed by atoms with van der Waals surface area (Å²) in [6.45, 7) is 4.31. The van der Waals surface area contributed by atoms with E-state index < -0.39 is 0 Å². The third kappa shape index (κ3) is 4.03. The van der Waals surface area contributed by atoms with E-state index in [4.69, 9.17) is 4.74 Å². The van der Waals surface area contributed by atoms with Crippen molar-refractivity contribution in [3.05, 3.63) is 34.1 Å². The summed E-state index contributed by atoms with van der Waals surface area (Å²) in [4.78, 5) is 13.9. The van der Waals surface area contributed by atoms with Crippen LogP contribution in [-0.4, -0.2) is 30.6 Å². The molecule has 0 aromatic heterocycles. The first-order valence-corrected chi connectivity index (χ1v) is 7.72. The van der Waals surface area contributed by atoms with Gasteiger partial charge < -0.3 is 4.74 Å². The smallest absolute Gasteiger partial charge is 0.310 e. The molecule has 110 valence electrons. The van der Waals surface area contributed by atoms with Crippen LogP contribution in [0.3, 0.4) is 0 Å². The van der Waals surface area contributed by atoms with Gasteiger partial charge in [0.05, 0.1) is 12.5 Å². The Bertz CT molecular complexity index is 481. The zero-order chi connectivity index (χ0) is 14.5. The Morgan fingerprint density at radius 2 is 2.35 bits per heavy atom. The van der Waals surface area contributed by atoms with Crippen molar-refractivity contribution in [1.82, 2.24) is 4.90 Å². The van der Waals surface area contributed by atoms with Gasteiger partial charge >= 0.3 is 5.97 Å². The van der Waals surface area contributed by atoms with Crippen molar-refractivity contribution in [3.8, 4) is 0 Å². The summed E-state index contributed by atoms with van der Waals surface area (Å²) >= 11 is 3.25. The molecule has 0 spiro atoms. The second kappa shape index (κ2) is 7.18. The van der Waals surface area contributed by atoms with Gasteiger partial charge in [0.25, 0.3) is 0 Å². The molecule has 0 saturated carbocycles. The van der Waals surface area contributed by atoms with Crippen molar-refractivity contribution in [2.45, 2.75) is 26.3 Å². The van der Waals surface area contributed by atoms with Crippen LogP contribution in [-0.2, 0) is 16.1 Å². The molecule has 2 rings (SSSR count). The van der Waals surface area contributed by atoms with Crippen LogP contribution >= 0.6 is 15.9 Å². The molecule has 1 aromatic carbocycles. The summed E-state index contributed by atoms with van der Waals surface area (Å²) in [5.41, 5.74) is 0.665. The van der Waals surface area contributed by atoms with Crippen LogP contribution in [0.15, 0.2) is 22.7 Å². The normalized spacial score (nSPS) is 19.9. The maximum absolute atomic E-state index is 13.8. The third-order valence-corrected chi connectivity index (χ3v) is 4.03. The van der Waals surface area contributed by atoms with Gasteiger partial charge in [0.1, 0.15) is 5.82 Å². The largest absolute Gasteiger partial charge is 0.466 e. The number of benzene rings is 1. The molecular formula is C15H19BrFNO2. The average Bonchev–Trinajstić information content (AvgIpc) is 2.43. The first-order valence-electron chi connectivity index (χ1n) is 6.93. The molecule has 0 bridgehead atoms. The Morgan fingerprint density at radius 3 is 3.05 bits per heavy atom. The summed E-state index contributed by atoms with van der Waals surface area (Å²) in [6, 6.07) is 5.10. The lowest BCUT2D eigenvalue weighted by molar-refractivity contribution is -0.150. The molecule has 1 aliphatic rings. The van der Waals surface area contributed by atoms with Gasteiger partial charge in [-0.3, -0.25) is 9.69 Å². The number of halogens is 2. The first kappa shape index (κ1) is 15.4. The number of carbonyl (C=O) groups excluding carboxylic acids is 1. The number of piperidine rings is 1. The number of hydrogen-bond acceptors (Lipinski definition) is 3. The minimum absolute atomic E-state index is 0.0813. The monoisotopic (exact) mass is 343 g/mol. The topological polar surface area (TPSA) is 29.5 Å². The fraction of sp³-hybridized carbons (Fsp3) is 0.533. The van der Waals surface area contributed by atoms with E-state index in [1.807, 2.05) is 13.0 Å². The van der Waals surface area contributed by atoms with E-state index in [1.54, 1.807) is 6.07 Å². The fourth-order valence-corrected chi connectivity index (χ4v) is 2.88. The molecule has 1 saturated heterocycles. The van der Waals surface area contributed by atoms with Crippen LogP contribution in [0, 0.1) is 11.7 Å². The van der Waals surface area contributed by atoms with Gasteiger partial charge in [-0.15, -0.1) is 0 Å². The van der Waals surface area contributed by atoms with Crippen LogP contribution in [0.1, 0.15) is 25.3 Å². The van der Waals surface area contributed by atoms with E-state index in [0.29, 0.717) is 25.3 Å². The van der Waals surface area contributed by atoms with Crippen molar-refractivity contribution >= 4 is 21.9 Å². The molecule has 1 atom stereocenters. The van der Waals surface area contributed by atoms with Crippen molar-refractivity contribution in [1.29, 1.82) is 0 Å². The first-order chi connectivity index (χ1) is 9.60. The molecule has 1 fully saturated rings. The van der Waals surface area contributed by atoms with Crippen molar-refractivity contribution in [3.63, 3.8) is 0 Å². The van der Waals surface area contributed by atoms with Crippen LogP contribution in [0.5, 0.6) is 0 Å². The fourth-order valence-electron chi connectivity index (χ4n) is 2.54. The van der Waals surface area contributed by atoms with Crippen molar-refractivity contribution in [2.24, 2.45) is 5.92 Å². The Labute approximate surface area is 127 Å². The van der Waals surface area contributed by atoms with E-state index in [1.165, 1.54) is 6.07 Å². The number of ether oxygens (including phenoxy) is 1. The summed E-state index contributed by atoms with van der Waals surface area (Å²) < 4.78 is 19.6. The maximum Gasteiger partial charge on any atom is 0.310 e. The predicted octanol–water partition coefficient (Wildman–Crippen LogP) is 3.36. The SMILES string of the molecule is CCOC(=O)[C@@H]1CCCN(Cc2ccc(Br)cc2F)C1. The number of hydrogen-bond donors (Lipinski definition) is 0. The highest BCUT2D eigenvalue weighted by Crippen LogP contribution is 2.22. The Hall–Kier alpha value is -0.940. The molecule has 1 heterocycles. The highest BCUT2D eigenvalue weighted by molar-refractivity contribution is 9.10. The quantitative estimate of drug-likeness (QED) is 0.785. The molecule has 3 nitrogen and oxygen atoms in total. The van der Waals surface area contributed by atoms with E-state index in [0.717, 1.165) is 23.9 Å². The Kier molecular flexibility index (Phi) is 5.54. The number of carbonyl (C=O) groups is 1. The summed E-state index contributed by atoms with van der Waals surface area (Å²) in [5, 5.41) is 0. The second-order valence-electron chi connectivity index (χ2n) is 5.06. The van der Waals surface area contributed by atoms with Gasteiger partial charge in [-0.25, -0.2) is 4.39 Å².